The highest BCUT2D eigenvalue weighted by atomic mass is 16.5. The van der Waals surface area contributed by atoms with E-state index in [1.165, 1.54) is 7.11 Å². The van der Waals surface area contributed by atoms with Crippen LogP contribution in [0.25, 0.3) is 0 Å². The van der Waals surface area contributed by atoms with Crippen molar-refractivity contribution >= 4 is 17.4 Å². The lowest BCUT2D eigenvalue weighted by Crippen LogP contribution is -2.29. The molecule has 0 aliphatic rings. The molecule has 2 aromatic rings. The van der Waals surface area contributed by atoms with Gasteiger partial charge in [-0.3, -0.25) is 0 Å². The average molecular weight is 353 g/mol. The Morgan fingerprint density at radius 2 is 1.85 bits per heavy atom. The number of amides is 2. The van der Waals surface area contributed by atoms with Gasteiger partial charge in [0.15, 0.2) is 11.5 Å². The summed E-state index contributed by atoms with van der Waals surface area (Å²) in [6.45, 7) is 0.222. The second-order valence-electron chi connectivity index (χ2n) is 5.56. The predicted octanol–water partition coefficient (Wildman–Crippen LogP) is 2.94. The van der Waals surface area contributed by atoms with Crippen molar-refractivity contribution in [3.05, 3.63) is 48.0 Å². The van der Waals surface area contributed by atoms with E-state index in [4.69, 9.17) is 9.47 Å². The van der Waals surface area contributed by atoms with E-state index in [0.717, 1.165) is 11.3 Å². The molecule has 2 N–H and O–H groups in total. The fourth-order valence-corrected chi connectivity index (χ4v) is 2.39. The van der Waals surface area contributed by atoms with Crippen molar-refractivity contribution in [1.82, 2.24) is 5.32 Å². The minimum atomic E-state index is -0.369. The van der Waals surface area contributed by atoms with Crippen LogP contribution in [0.1, 0.15) is 5.56 Å². The van der Waals surface area contributed by atoms with Crippen LogP contribution in [-0.4, -0.2) is 40.9 Å². The standard InChI is InChI=1S/C20H23N3O3/c1-23(2)17-12-6-5-9-15(17)10-8-14-21-20(24)22-16-11-7-13-18(25-3)19(16)26-4/h5-7,9,11-13H,14H2,1-4H3,(H2,21,22,24). The van der Waals surface area contributed by atoms with Crippen molar-refractivity contribution in [3.8, 4) is 23.3 Å². The van der Waals surface area contributed by atoms with Gasteiger partial charge in [-0.25, -0.2) is 4.79 Å². The number of anilines is 2. The Morgan fingerprint density at radius 3 is 2.54 bits per heavy atom. The van der Waals surface area contributed by atoms with Crippen LogP contribution in [0.5, 0.6) is 11.5 Å². The lowest BCUT2D eigenvalue weighted by molar-refractivity contribution is 0.253. The van der Waals surface area contributed by atoms with E-state index in [2.05, 4.69) is 22.5 Å². The van der Waals surface area contributed by atoms with Gasteiger partial charge in [0.25, 0.3) is 0 Å². The number of nitrogens with one attached hydrogen (secondary N) is 2. The Bertz CT molecular complexity index is 823. The smallest absolute Gasteiger partial charge is 0.320 e. The molecule has 0 aromatic heterocycles. The van der Waals surface area contributed by atoms with E-state index in [1.807, 2.05) is 43.3 Å². The number of para-hydroxylation sites is 2. The number of hydrogen-bond donors (Lipinski definition) is 2. The van der Waals surface area contributed by atoms with Crippen LogP contribution >= 0.6 is 0 Å². The number of hydrogen-bond acceptors (Lipinski definition) is 4. The van der Waals surface area contributed by atoms with Gasteiger partial charge in [-0.1, -0.05) is 30.0 Å². The molecule has 0 radical (unpaired) electrons. The third-order valence-electron chi connectivity index (χ3n) is 3.60. The Balaban J connectivity index is 1.97. The highest BCUT2D eigenvalue weighted by Crippen LogP contribution is 2.34. The Morgan fingerprint density at radius 1 is 1.08 bits per heavy atom. The maximum absolute atomic E-state index is 12.1. The predicted molar refractivity (Wildman–Crippen MR) is 104 cm³/mol. The monoisotopic (exact) mass is 353 g/mol. The van der Waals surface area contributed by atoms with Crippen LogP contribution in [0, 0.1) is 11.8 Å². The first kappa shape index (κ1) is 19.0. The quantitative estimate of drug-likeness (QED) is 0.812. The zero-order valence-electron chi connectivity index (χ0n) is 15.4. The number of urea groups is 1. The van der Waals surface area contributed by atoms with E-state index in [9.17, 15) is 4.79 Å². The zero-order valence-corrected chi connectivity index (χ0v) is 15.4. The van der Waals surface area contributed by atoms with Crippen LogP contribution in [0.2, 0.25) is 0 Å². The minimum absolute atomic E-state index is 0.222. The van der Waals surface area contributed by atoms with Crippen molar-refractivity contribution in [2.75, 3.05) is 45.1 Å². The Hall–Kier alpha value is -3.33. The molecule has 0 saturated heterocycles. The molecule has 2 amide bonds. The van der Waals surface area contributed by atoms with E-state index < -0.39 is 0 Å². The number of carbonyl (C=O) groups excluding carboxylic acids is 1. The first-order valence-corrected chi connectivity index (χ1v) is 8.08. The lowest BCUT2D eigenvalue weighted by atomic mass is 10.1. The molecule has 26 heavy (non-hydrogen) atoms. The summed E-state index contributed by atoms with van der Waals surface area (Å²) in [6.07, 6.45) is 0. The third kappa shape index (κ3) is 4.84. The largest absolute Gasteiger partial charge is 0.493 e. The van der Waals surface area contributed by atoms with E-state index in [-0.39, 0.29) is 12.6 Å². The highest BCUT2D eigenvalue weighted by Gasteiger charge is 2.11. The zero-order chi connectivity index (χ0) is 18.9. The summed E-state index contributed by atoms with van der Waals surface area (Å²) in [5.74, 6) is 7.05. The second kappa shape index (κ2) is 9.23. The molecule has 0 saturated carbocycles. The number of nitrogens with zero attached hydrogens (tertiary/aromatic N) is 1. The van der Waals surface area contributed by atoms with Crippen molar-refractivity contribution in [1.29, 1.82) is 0 Å². The van der Waals surface area contributed by atoms with E-state index in [0.29, 0.717) is 17.2 Å². The number of rotatable bonds is 5. The summed E-state index contributed by atoms with van der Waals surface area (Å²) in [4.78, 5) is 14.1. The average Bonchev–Trinajstić information content (AvgIpc) is 2.65. The molecule has 0 aliphatic carbocycles. The fourth-order valence-electron chi connectivity index (χ4n) is 2.39. The molecular formula is C20H23N3O3. The van der Waals surface area contributed by atoms with Crippen LogP contribution < -0.4 is 25.0 Å². The van der Waals surface area contributed by atoms with Gasteiger partial charge in [-0.2, -0.15) is 0 Å². The summed E-state index contributed by atoms with van der Waals surface area (Å²) in [6, 6.07) is 12.7. The molecule has 0 unspecified atom stereocenters. The van der Waals surface area contributed by atoms with Crippen molar-refractivity contribution in [3.63, 3.8) is 0 Å². The second-order valence-corrected chi connectivity index (χ2v) is 5.56. The third-order valence-corrected chi connectivity index (χ3v) is 3.60. The molecule has 0 atom stereocenters. The van der Waals surface area contributed by atoms with Crippen molar-refractivity contribution < 1.29 is 14.3 Å². The number of benzene rings is 2. The lowest BCUT2D eigenvalue weighted by Gasteiger charge is -2.14. The molecule has 0 spiro atoms. The molecule has 0 aliphatic heterocycles. The van der Waals surface area contributed by atoms with Crippen LogP contribution in [-0.2, 0) is 0 Å². The highest BCUT2D eigenvalue weighted by molar-refractivity contribution is 5.91. The molecule has 6 heteroatoms. The maximum atomic E-state index is 12.1. The molecule has 6 nitrogen and oxygen atoms in total. The summed E-state index contributed by atoms with van der Waals surface area (Å²) in [7, 11) is 7.00. The SMILES string of the molecule is COc1cccc(NC(=O)NCC#Cc2ccccc2N(C)C)c1OC. The summed E-state index contributed by atoms with van der Waals surface area (Å²) >= 11 is 0. The molecule has 2 rings (SSSR count). The van der Waals surface area contributed by atoms with Gasteiger partial charge in [0, 0.05) is 19.7 Å². The normalized spacial score (nSPS) is 9.54. The summed E-state index contributed by atoms with van der Waals surface area (Å²) in [5, 5.41) is 5.44. The molecule has 0 bridgehead atoms. The van der Waals surface area contributed by atoms with Crippen LogP contribution in [0.3, 0.4) is 0 Å². The maximum Gasteiger partial charge on any atom is 0.320 e. The molecule has 0 fully saturated rings. The topological polar surface area (TPSA) is 62.8 Å². The van der Waals surface area contributed by atoms with Gasteiger partial charge >= 0.3 is 6.03 Å². The van der Waals surface area contributed by atoms with Gasteiger partial charge in [0.05, 0.1) is 32.1 Å². The first-order valence-electron chi connectivity index (χ1n) is 8.08. The van der Waals surface area contributed by atoms with Crippen LogP contribution in [0.15, 0.2) is 42.5 Å². The van der Waals surface area contributed by atoms with E-state index in [1.54, 1.807) is 25.3 Å². The van der Waals surface area contributed by atoms with Gasteiger partial charge in [0.2, 0.25) is 0 Å². The Labute approximate surface area is 154 Å². The number of carbonyl (C=O) groups is 1. The van der Waals surface area contributed by atoms with Crippen LogP contribution in [0.4, 0.5) is 16.2 Å². The van der Waals surface area contributed by atoms with Gasteiger partial charge in [0.1, 0.15) is 0 Å². The molecular weight excluding hydrogens is 330 g/mol. The van der Waals surface area contributed by atoms with Crippen molar-refractivity contribution in [2.24, 2.45) is 0 Å². The summed E-state index contributed by atoms with van der Waals surface area (Å²) < 4.78 is 10.5. The summed E-state index contributed by atoms with van der Waals surface area (Å²) in [5.41, 5.74) is 2.47. The van der Waals surface area contributed by atoms with E-state index >= 15 is 0 Å². The van der Waals surface area contributed by atoms with Gasteiger partial charge in [-0.05, 0) is 24.3 Å². The fraction of sp³-hybridized carbons (Fsp3) is 0.250. The first-order chi connectivity index (χ1) is 12.6. The molecule has 2 aromatic carbocycles. The molecule has 136 valence electrons. The van der Waals surface area contributed by atoms with Gasteiger partial charge < -0.3 is 25.0 Å². The van der Waals surface area contributed by atoms with Gasteiger partial charge in [-0.15, -0.1) is 0 Å². The molecule has 0 heterocycles. The van der Waals surface area contributed by atoms with Crippen molar-refractivity contribution in [2.45, 2.75) is 0 Å². The Kier molecular flexibility index (Phi) is 6.75. The minimum Gasteiger partial charge on any atom is -0.493 e. The number of methoxy groups -OCH3 is 2. The number of ether oxygens (including phenoxy) is 2.